The summed E-state index contributed by atoms with van der Waals surface area (Å²) in [6.07, 6.45) is 5.33. The molecule has 2 rings (SSSR count). The van der Waals surface area contributed by atoms with Crippen LogP contribution in [0, 0.1) is 0 Å². The zero-order valence-electron chi connectivity index (χ0n) is 18.6. The highest BCUT2D eigenvalue weighted by Gasteiger charge is 2.40. The Morgan fingerprint density at radius 2 is 1.34 bits per heavy atom. The van der Waals surface area contributed by atoms with Crippen LogP contribution < -0.4 is 0 Å². The zero-order chi connectivity index (χ0) is 23.4. The standard InChI is InChI=1S/C18H24.C6H8O7.H2S/c1-3-5-9-15-13-14-16-10-7-8-12-18(16)17(15)11-6-4-2;7-3(8)1-6(13,5(11)12)2-4(9)10;/h7-8,10,12-14H,3-6,9,11H2,1-2H3;13H,1-2H2,(H,7,8)(H,9,10)(H,11,12);1H2. The van der Waals surface area contributed by atoms with Gasteiger partial charge in [0, 0.05) is 0 Å². The van der Waals surface area contributed by atoms with E-state index in [0.717, 1.165) is 0 Å². The minimum atomic E-state index is -2.74. The molecule has 0 radical (unpaired) electrons. The fraction of sp³-hybridized carbons (Fsp3) is 0.458. The van der Waals surface area contributed by atoms with Gasteiger partial charge in [0.15, 0.2) is 5.60 Å². The first-order valence-electron chi connectivity index (χ1n) is 10.5. The summed E-state index contributed by atoms with van der Waals surface area (Å²) in [7, 11) is 0. The number of hydrogen-bond donors (Lipinski definition) is 4. The third kappa shape index (κ3) is 9.28. The lowest BCUT2D eigenvalue weighted by molar-refractivity contribution is -0.170. The van der Waals surface area contributed by atoms with Gasteiger partial charge in [0.25, 0.3) is 0 Å². The maximum Gasteiger partial charge on any atom is 0.336 e. The third-order valence-corrected chi connectivity index (χ3v) is 5.00. The van der Waals surface area contributed by atoms with Crippen LogP contribution in [0.1, 0.15) is 63.5 Å². The Labute approximate surface area is 195 Å². The number of carbonyl (C=O) groups is 3. The molecule has 0 unspecified atom stereocenters. The SMILES string of the molecule is CCCCc1ccc2ccccc2c1CCCC.O=C(O)CC(O)(CC(=O)O)C(=O)O.S. The van der Waals surface area contributed by atoms with Crippen LogP contribution in [0.25, 0.3) is 10.8 Å². The van der Waals surface area contributed by atoms with Gasteiger partial charge in [-0.15, -0.1) is 0 Å². The average Bonchev–Trinajstić information content (AvgIpc) is 2.70. The van der Waals surface area contributed by atoms with Crippen LogP contribution in [0.5, 0.6) is 0 Å². The molecule has 0 spiro atoms. The van der Waals surface area contributed by atoms with Crippen LogP contribution in [0.2, 0.25) is 0 Å². The van der Waals surface area contributed by atoms with Crippen LogP contribution in [0.3, 0.4) is 0 Å². The van der Waals surface area contributed by atoms with E-state index in [4.69, 9.17) is 20.4 Å². The fourth-order valence-electron chi connectivity index (χ4n) is 3.35. The number of unbranched alkanes of at least 4 members (excludes halogenated alkanes) is 2. The quantitative estimate of drug-likeness (QED) is 0.386. The number of aliphatic hydroxyl groups is 1. The smallest absolute Gasteiger partial charge is 0.336 e. The van der Waals surface area contributed by atoms with E-state index in [9.17, 15) is 14.4 Å². The van der Waals surface area contributed by atoms with Crippen molar-refractivity contribution in [2.45, 2.75) is 70.8 Å². The van der Waals surface area contributed by atoms with Gasteiger partial charge >= 0.3 is 17.9 Å². The minimum Gasteiger partial charge on any atom is -0.481 e. The molecule has 0 saturated carbocycles. The molecule has 0 aliphatic rings. The van der Waals surface area contributed by atoms with Crippen molar-refractivity contribution in [3.05, 3.63) is 47.5 Å². The molecule has 0 atom stereocenters. The number of benzene rings is 2. The maximum atomic E-state index is 10.3. The average molecular weight is 467 g/mol. The second kappa shape index (κ2) is 14.5. The van der Waals surface area contributed by atoms with Gasteiger partial charge in [0.2, 0.25) is 0 Å². The van der Waals surface area contributed by atoms with Crippen LogP contribution in [-0.2, 0) is 27.2 Å². The van der Waals surface area contributed by atoms with Crippen molar-refractivity contribution in [2.75, 3.05) is 0 Å². The van der Waals surface area contributed by atoms with Gasteiger partial charge in [-0.25, -0.2) is 4.79 Å². The summed E-state index contributed by atoms with van der Waals surface area (Å²) in [6.45, 7) is 4.55. The van der Waals surface area contributed by atoms with Gasteiger partial charge in [-0.1, -0.05) is 63.1 Å². The van der Waals surface area contributed by atoms with E-state index >= 15 is 0 Å². The second-order valence-electron chi connectivity index (χ2n) is 7.61. The molecule has 0 saturated heterocycles. The van der Waals surface area contributed by atoms with Gasteiger partial charge < -0.3 is 20.4 Å². The predicted molar refractivity (Wildman–Crippen MR) is 129 cm³/mol. The number of fused-ring (bicyclic) bond motifs is 1. The lowest BCUT2D eigenvalue weighted by atomic mass is 9.92. The molecular formula is C24H34O7S. The van der Waals surface area contributed by atoms with E-state index in [1.165, 1.54) is 49.3 Å². The number of aryl methyl sites for hydroxylation is 2. The van der Waals surface area contributed by atoms with Crippen LogP contribution in [-0.4, -0.2) is 43.9 Å². The van der Waals surface area contributed by atoms with Crippen molar-refractivity contribution in [1.29, 1.82) is 0 Å². The molecule has 0 heterocycles. The summed E-state index contributed by atoms with van der Waals surface area (Å²) < 4.78 is 0. The van der Waals surface area contributed by atoms with E-state index in [0.29, 0.717) is 0 Å². The highest BCUT2D eigenvalue weighted by molar-refractivity contribution is 7.59. The normalized spacial score (nSPS) is 10.6. The topological polar surface area (TPSA) is 132 Å². The summed E-state index contributed by atoms with van der Waals surface area (Å²) in [5.74, 6) is -5.02. The van der Waals surface area contributed by atoms with Crippen molar-refractivity contribution in [3.63, 3.8) is 0 Å². The van der Waals surface area contributed by atoms with Crippen molar-refractivity contribution in [3.8, 4) is 0 Å². The zero-order valence-corrected chi connectivity index (χ0v) is 19.6. The van der Waals surface area contributed by atoms with Crippen molar-refractivity contribution < 1.29 is 34.8 Å². The Kier molecular flexibility index (Phi) is 13.3. The van der Waals surface area contributed by atoms with Crippen molar-refractivity contribution >= 4 is 42.2 Å². The van der Waals surface area contributed by atoms with Crippen LogP contribution in [0.15, 0.2) is 36.4 Å². The molecule has 0 bridgehead atoms. The molecule has 0 aliphatic carbocycles. The van der Waals surface area contributed by atoms with Crippen molar-refractivity contribution in [2.24, 2.45) is 0 Å². The summed E-state index contributed by atoms with van der Waals surface area (Å²) in [5, 5.41) is 36.7. The number of rotatable bonds is 11. The molecule has 0 amide bonds. The molecule has 7 nitrogen and oxygen atoms in total. The lowest BCUT2D eigenvalue weighted by Crippen LogP contribution is -2.42. The molecule has 178 valence electrons. The van der Waals surface area contributed by atoms with Crippen molar-refractivity contribution in [1.82, 2.24) is 0 Å². The Hall–Kier alpha value is -2.58. The van der Waals surface area contributed by atoms with E-state index in [1.54, 1.807) is 11.1 Å². The molecule has 8 heteroatoms. The molecule has 4 N–H and O–H groups in total. The fourth-order valence-corrected chi connectivity index (χ4v) is 3.35. The van der Waals surface area contributed by atoms with Crippen LogP contribution >= 0.6 is 13.5 Å². The first-order valence-corrected chi connectivity index (χ1v) is 10.5. The number of carboxylic acids is 3. The summed E-state index contributed by atoms with van der Waals surface area (Å²) in [5.41, 5.74) is 0.435. The summed E-state index contributed by atoms with van der Waals surface area (Å²) >= 11 is 0. The molecular weight excluding hydrogens is 432 g/mol. The van der Waals surface area contributed by atoms with E-state index < -0.39 is 36.4 Å². The molecule has 0 aliphatic heterocycles. The molecule has 0 fully saturated rings. The molecule has 0 aromatic heterocycles. The van der Waals surface area contributed by atoms with Crippen LogP contribution in [0.4, 0.5) is 0 Å². The summed E-state index contributed by atoms with van der Waals surface area (Å²) in [6, 6.07) is 13.5. The monoisotopic (exact) mass is 466 g/mol. The van der Waals surface area contributed by atoms with Gasteiger partial charge in [0.05, 0.1) is 12.8 Å². The van der Waals surface area contributed by atoms with Gasteiger partial charge in [-0.2, -0.15) is 13.5 Å². The number of hydrogen-bond acceptors (Lipinski definition) is 4. The number of aliphatic carboxylic acids is 3. The lowest BCUT2D eigenvalue weighted by Gasteiger charge is -2.18. The van der Waals surface area contributed by atoms with E-state index in [-0.39, 0.29) is 13.5 Å². The molecule has 2 aromatic rings. The molecule has 32 heavy (non-hydrogen) atoms. The van der Waals surface area contributed by atoms with E-state index in [1.807, 2.05) is 0 Å². The predicted octanol–water partition coefficient (Wildman–Crippen LogP) is 4.39. The number of carboxylic acid groups (broad SMARTS) is 3. The van der Waals surface area contributed by atoms with Gasteiger partial charge in [-0.3, -0.25) is 9.59 Å². The minimum absolute atomic E-state index is 0. The maximum absolute atomic E-state index is 10.3. The Bertz CT molecular complexity index is 879. The first kappa shape index (κ1) is 29.4. The largest absolute Gasteiger partial charge is 0.481 e. The summed E-state index contributed by atoms with van der Waals surface area (Å²) in [4.78, 5) is 30.5. The third-order valence-electron chi connectivity index (χ3n) is 5.00. The Balaban J connectivity index is 0.000000617. The highest BCUT2D eigenvalue weighted by Crippen LogP contribution is 2.25. The van der Waals surface area contributed by atoms with Gasteiger partial charge in [-0.05, 0) is 47.6 Å². The van der Waals surface area contributed by atoms with Gasteiger partial charge in [0.1, 0.15) is 0 Å². The highest BCUT2D eigenvalue weighted by atomic mass is 32.1. The Morgan fingerprint density at radius 3 is 1.84 bits per heavy atom. The second-order valence-corrected chi connectivity index (χ2v) is 7.61. The molecule has 2 aromatic carbocycles. The first-order chi connectivity index (χ1) is 14.6. The Morgan fingerprint density at radius 1 is 0.812 bits per heavy atom. The van der Waals surface area contributed by atoms with E-state index in [2.05, 4.69) is 50.2 Å².